The van der Waals surface area contributed by atoms with Gasteiger partial charge in [-0.25, -0.2) is 4.98 Å². The van der Waals surface area contributed by atoms with Crippen LogP contribution in [-0.2, 0) is 6.54 Å². The van der Waals surface area contributed by atoms with E-state index in [2.05, 4.69) is 27.0 Å². The van der Waals surface area contributed by atoms with Gasteiger partial charge in [-0.1, -0.05) is 11.8 Å². The molecular formula is C14H16N4O2S. The van der Waals surface area contributed by atoms with Gasteiger partial charge in [-0.2, -0.15) is 5.10 Å². The third-order valence-electron chi connectivity index (χ3n) is 2.77. The van der Waals surface area contributed by atoms with Gasteiger partial charge in [-0.15, -0.1) is 11.3 Å². The summed E-state index contributed by atoms with van der Waals surface area (Å²) in [6.45, 7) is 2.34. The smallest absolute Gasteiger partial charge is 0.264 e. The van der Waals surface area contributed by atoms with Crippen molar-refractivity contribution in [1.29, 1.82) is 0 Å². The van der Waals surface area contributed by atoms with Crippen LogP contribution in [0.25, 0.3) is 0 Å². The zero-order valence-electron chi connectivity index (χ0n) is 11.9. The summed E-state index contributed by atoms with van der Waals surface area (Å²) in [5, 5.41) is 15.2. The lowest BCUT2D eigenvalue weighted by Crippen LogP contribution is -2.26. The number of amides is 1. The van der Waals surface area contributed by atoms with Gasteiger partial charge in [0.15, 0.2) is 0 Å². The van der Waals surface area contributed by atoms with Crippen LogP contribution in [0, 0.1) is 18.8 Å². The monoisotopic (exact) mass is 304 g/mol. The number of aliphatic hydroxyl groups is 1. The van der Waals surface area contributed by atoms with Crippen molar-refractivity contribution in [2.75, 3.05) is 13.7 Å². The van der Waals surface area contributed by atoms with Crippen molar-refractivity contribution < 1.29 is 9.90 Å². The maximum atomic E-state index is 12.4. The molecule has 7 heteroatoms. The van der Waals surface area contributed by atoms with Gasteiger partial charge in [-0.05, 0) is 18.6 Å². The second-order valence-corrected chi connectivity index (χ2v) is 5.54. The number of rotatable bonds is 4. The highest BCUT2D eigenvalue weighted by Crippen LogP contribution is 2.22. The topological polar surface area (TPSA) is 82.1 Å². The van der Waals surface area contributed by atoms with Crippen LogP contribution in [0.5, 0.6) is 0 Å². The second-order valence-electron chi connectivity index (χ2n) is 4.49. The number of carbonyl (C=O) groups excluding carboxylic acids is 1. The predicted octanol–water partition coefficient (Wildman–Crippen LogP) is 1.18. The lowest BCUT2D eigenvalue weighted by Gasteiger charge is -2.13. The second kappa shape index (κ2) is 7.02. The lowest BCUT2D eigenvalue weighted by molar-refractivity contribution is 0.0786. The molecule has 0 fully saturated rings. The fraction of sp³-hybridized carbons (Fsp3) is 0.357. The van der Waals surface area contributed by atoms with E-state index in [1.807, 2.05) is 13.0 Å². The van der Waals surface area contributed by atoms with E-state index in [0.29, 0.717) is 23.7 Å². The molecule has 0 atom stereocenters. The summed E-state index contributed by atoms with van der Waals surface area (Å²) in [6, 6.07) is 1.84. The first kappa shape index (κ1) is 15.2. The molecule has 0 saturated heterocycles. The van der Waals surface area contributed by atoms with Crippen LogP contribution >= 0.6 is 11.3 Å². The number of carbonyl (C=O) groups is 1. The molecule has 0 saturated carbocycles. The number of H-pyrrole nitrogens is 1. The Labute approximate surface area is 126 Å². The maximum Gasteiger partial charge on any atom is 0.264 e. The Balaban J connectivity index is 2.09. The van der Waals surface area contributed by atoms with Crippen molar-refractivity contribution in [3.8, 4) is 11.8 Å². The number of hydrogen-bond donors (Lipinski definition) is 2. The molecule has 0 aliphatic carbocycles. The molecule has 0 bridgehead atoms. The molecule has 0 aliphatic heterocycles. The van der Waals surface area contributed by atoms with Crippen molar-refractivity contribution in [2.45, 2.75) is 19.9 Å². The van der Waals surface area contributed by atoms with Crippen molar-refractivity contribution in [2.24, 2.45) is 0 Å². The average Bonchev–Trinajstić information content (AvgIpc) is 3.09. The molecule has 0 aliphatic rings. The van der Waals surface area contributed by atoms with Crippen LogP contribution in [0.1, 0.15) is 32.4 Å². The first-order valence-electron chi connectivity index (χ1n) is 6.41. The molecule has 6 nitrogen and oxygen atoms in total. The van der Waals surface area contributed by atoms with Gasteiger partial charge in [0.1, 0.15) is 12.2 Å². The zero-order chi connectivity index (χ0) is 15.2. The lowest BCUT2D eigenvalue weighted by atomic mass is 10.2. The third kappa shape index (κ3) is 3.90. The largest absolute Gasteiger partial charge is 0.395 e. The number of nitrogens with one attached hydrogen (secondary N) is 1. The molecule has 0 unspecified atom stereocenters. The van der Waals surface area contributed by atoms with E-state index in [4.69, 9.17) is 5.11 Å². The summed E-state index contributed by atoms with van der Waals surface area (Å²) in [7, 11) is 1.72. The number of nitrogens with zero attached hydrogens (tertiary/aromatic N) is 3. The van der Waals surface area contributed by atoms with E-state index in [1.165, 1.54) is 17.7 Å². The molecule has 2 aromatic heterocycles. The van der Waals surface area contributed by atoms with Crippen LogP contribution in [0.3, 0.4) is 0 Å². The minimum absolute atomic E-state index is 0.0448. The zero-order valence-corrected chi connectivity index (χ0v) is 12.7. The number of aromatic nitrogens is 3. The summed E-state index contributed by atoms with van der Waals surface area (Å²) >= 11 is 1.37. The Morgan fingerprint density at radius 1 is 1.57 bits per heavy atom. The van der Waals surface area contributed by atoms with Crippen LogP contribution in [0.4, 0.5) is 0 Å². The minimum Gasteiger partial charge on any atom is -0.395 e. The normalized spacial score (nSPS) is 10.0. The van der Waals surface area contributed by atoms with Gasteiger partial charge in [0.25, 0.3) is 5.91 Å². The molecular weight excluding hydrogens is 288 g/mol. The van der Waals surface area contributed by atoms with E-state index in [1.54, 1.807) is 11.9 Å². The van der Waals surface area contributed by atoms with Crippen molar-refractivity contribution in [3.05, 3.63) is 33.5 Å². The van der Waals surface area contributed by atoms with Gasteiger partial charge in [-0.3, -0.25) is 9.89 Å². The molecule has 1 amide bonds. The number of aliphatic hydroxyl groups excluding tert-OH is 1. The molecule has 0 radical (unpaired) electrons. The summed E-state index contributed by atoms with van der Waals surface area (Å²) in [5.74, 6) is 6.42. The quantitative estimate of drug-likeness (QED) is 0.831. The van der Waals surface area contributed by atoms with Gasteiger partial charge in [0.2, 0.25) is 0 Å². The van der Waals surface area contributed by atoms with Gasteiger partial charge >= 0.3 is 0 Å². The predicted molar refractivity (Wildman–Crippen MR) is 79.8 cm³/mol. The van der Waals surface area contributed by atoms with E-state index >= 15 is 0 Å². The molecule has 2 heterocycles. The Bertz CT molecular complexity index is 667. The number of hydrogen-bond acceptors (Lipinski definition) is 5. The molecule has 2 aromatic rings. The fourth-order valence-electron chi connectivity index (χ4n) is 1.70. The highest BCUT2D eigenvalue weighted by Gasteiger charge is 2.16. The number of thiophene rings is 1. The summed E-state index contributed by atoms with van der Waals surface area (Å²) in [4.78, 5) is 19.4. The maximum absolute atomic E-state index is 12.4. The Morgan fingerprint density at radius 2 is 2.38 bits per heavy atom. The molecule has 2 N–H and O–H groups in total. The highest BCUT2D eigenvalue weighted by molar-refractivity contribution is 7.14. The highest BCUT2D eigenvalue weighted by atomic mass is 32.1. The van der Waals surface area contributed by atoms with Crippen molar-refractivity contribution >= 4 is 17.2 Å². The van der Waals surface area contributed by atoms with E-state index < -0.39 is 0 Å². The molecule has 0 spiro atoms. The standard InChI is InChI=1S/C14H16N4O2S/c1-10-7-12(21-11(10)5-3-4-6-19)14(20)18(2)8-13-15-9-16-17-13/h7,9,19H,4,6,8H2,1-2H3,(H,15,16,17). The van der Waals surface area contributed by atoms with Crippen molar-refractivity contribution in [3.63, 3.8) is 0 Å². The average molecular weight is 304 g/mol. The summed E-state index contributed by atoms with van der Waals surface area (Å²) < 4.78 is 0. The van der Waals surface area contributed by atoms with Crippen LogP contribution in [0.15, 0.2) is 12.4 Å². The first-order valence-corrected chi connectivity index (χ1v) is 7.23. The molecule has 21 heavy (non-hydrogen) atoms. The molecule has 110 valence electrons. The summed E-state index contributed by atoms with van der Waals surface area (Å²) in [6.07, 6.45) is 1.85. The SMILES string of the molecule is Cc1cc(C(=O)N(C)Cc2ncn[nH]2)sc1C#CCCO. The van der Waals surface area contributed by atoms with Crippen LogP contribution < -0.4 is 0 Å². The number of aryl methyl sites for hydroxylation is 1. The van der Waals surface area contributed by atoms with E-state index in [-0.39, 0.29) is 12.5 Å². The minimum atomic E-state index is -0.0743. The van der Waals surface area contributed by atoms with Crippen LogP contribution in [-0.4, -0.2) is 44.7 Å². The number of aromatic amines is 1. The van der Waals surface area contributed by atoms with Crippen LogP contribution in [0.2, 0.25) is 0 Å². The first-order chi connectivity index (χ1) is 10.1. The van der Waals surface area contributed by atoms with E-state index in [9.17, 15) is 4.79 Å². The Morgan fingerprint density at radius 3 is 3.05 bits per heavy atom. The van der Waals surface area contributed by atoms with Gasteiger partial charge < -0.3 is 10.0 Å². The van der Waals surface area contributed by atoms with E-state index in [0.717, 1.165) is 10.4 Å². The fourth-order valence-corrected chi connectivity index (χ4v) is 2.74. The third-order valence-corrected chi connectivity index (χ3v) is 3.91. The molecule has 0 aromatic carbocycles. The summed E-state index contributed by atoms with van der Waals surface area (Å²) in [5.41, 5.74) is 0.974. The molecule has 2 rings (SSSR count). The van der Waals surface area contributed by atoms with Crippen molar-refractivity contribution in [1.82, 2.24) is 20.1 Å². The Kier molecular flexibility index (Phi) is 5.09. The van der Waals surface area contributed by atoms with Gasteiger partial charge in [0, 0.05) is 13.5 Å². The Hall–Kier alpha value is -2.17. The van der Waals surface area contributed by atoms with Gasteiger partial charge in [0.05, 0.1) is 22.9 Å².